The van der Waals surface area contributed by atoms with Gasteiger partial charge in [-0.25, -0.2) is 8.70 Å². The van der Waals surface area contributed by atoms with E-state index in [4.69, 9.17) is 0 Å². The summed E-state index contributed by atoms with van der Waals surface area (Å²) in [6.45, 7) is 8.66. The Labute approximate surface area is 214 Å². The van der Waals surface area contributed by atoms with Gasteiger partial charge in [0.15, 0.2) is 0 Å². The van der Waals surface area contributed by atoms with Crippen LogP contribution >= 0.6 is 0 Å². The van der Waals surface area contributed by atoms with Gasteiger partial charge in [0.25, 0.3) is 0 Å². The van der Waals surface area contributed by atoms with Gasteiger partial charge in [0.1, 0.15) is 18.4 Å². The minimum absolute atomic E-state index is 0.0856. The van der Waals surface area contributed by atoms with E-state index >= 15 is 0 Å². The fourth-order valence-electron chi connectivity index (χ4n) is 3.62. The van der Waals surface area contributed by atoms with E-state index in [0.717, 1.165) is 25.8 Å². The zero-order valence-corrected chi connectivity index (χ0v) is 22.9. The van der Waals surface area contributed by atoms with Crippen LogP contribution < -0.4 is 9.62 Å². The molecule has 0 radical (unpaired) electrons. The fraction of sp³-hybridized carbons (Fsp3) is 0.462. The van der Waals surface area contributed by atoms with Gasteiger partial charge >= 0.3 is 10.2 Å². The molecule has 2 amide bonds. The number of rotatable bonds is 10. The van der Waals surface area contributed by atoms with Crippen molar-refractivity contribution in [3.8, 4) is 0 Å². The van der Waals surface area contributed by atoms with Gasteiger partial charge < -0.3 is 10.2 Å². The number of anilines is 1. The van der Waals surface area contributed by atoms with Crippen LogP contribution in [-0.4, -0.2) is 61.7 Å². The minimum Gasteiger partial charge on any atom is -0.350 e. The molecule has 198 valence electrons. The lowest BCUT2D eigenvalue weighted by molar-refractivity contribution is -0.141. The second-order valence-corrected chi connectivity index (χ2v) is 12.0. The Morgan fingerprint density at radius 1 is 1.03 bits per heavy atom. The molecular weight excluding hydrogens is 483 g/mol. The van der Waals surface area contributed by atoms with Crippen LogP contribution in [0.15, 0.2) is 48.5 Å². The molecule has 2 aromatic carbocycles. The smallest absolute Gasteiger partial charge is 0.304 e. The predicted octanol–water partition coefficient (Wildman–Crippen LogP) is 3.47. The van der Waals surface area contributed by atoms with Crippen molar-refractivity contribution in [2.75, 3.05) is 24.9 Å². The average Bonchev–Trinajstić information content (AvgIpc) is 2.77. The van der Waals surface area contributed by atoms with Gasteiger partial charge in [0, 0.05) is 26.2 Å². The zero-order valence-electron chi connectivity index (χ0n) is 22.1. The first-order valence-corrected chi connectivity index (χ1v) is 13.2. The first-order chi connectivity index (χ1) is 16.7. The Hall–Kier alpha value is -2.98. The van der Waals surface area contributed by atoms with Gasteiger partial charge in [-0.3, -0.25) is 9.59 Å². The summed E-state index contributed by atoms with van der Waals surface area (Å²) in [5.41, 5.74) is 1.04. The Bertz CT molecular complexity index is 1160. The van der Waals surface area contributed by atoms with Crippen molar-refractivity contribution in [2.24, 2.45) is 0 Å². The molecule has 0 spiro atoms. The summed E-state index contributed by atoms with van der Waals surface area (Å²) in [5, 5.41) is 2.91. The number of benzene rings is 2. The van der Waals surface area contributed by atoms with Crippen molar-refractivity contribution in [2.45, 2.75) is 59.2 Å². The molecule has 0 saturated carbocycles. The van der Waals surface area contributed by atoms with Crippen molar-refractivity contribution < 1.29 is 22.4 Å². The summed E-state index contributed by atoms with van der Waals surface area (Å²) < 4.78 is 42.6. The molecular formula is C26H37FN4O4S. The van der Waals surface area contributed by atoms with E-state index in [9.17, 15) is 22.4 Å². The van der Waals surface area contributed by atoms with Crippen LogP contribution in [0.4, 0.5) is 10.1 Å². The number of nitrogens with zero attached hydrogens (tertiary/aromatic N) is 3. The SMILES string of the molecule is CC[C@@H](C(=O)NC(C)(C)C)N(Cc1ccc(C)cc1)C(=O)CN(c1ccccc1F)S(=O)(=O)N(C)C. The molecule has 0 heterocycles. The summed E-state index contributed by atoms with van der Waals surface area (Å²) in [4.78, 5) is 28.3. The van der Waals surface area contributed by atoms with Gasteiger partial charge in [0.05, 0.1) is 5.69 Å². The van der Waals surface area contributed by atoms with Gasteiger partial charge in [-0.15, -0.1) is 0 Å². The standard InChI is InChI=1S/C26H37FN4O4S/c1-8-22(25(33)28-26(3,4)5)30(17-20-15-13-19(2)14-16-20)24(32)18-31(36(34,35)29(6)7)23-12-10-9-11-21(23)27/h9-16,22H,8,17-18H2,1-7H3,(H,28,33)/t22-/m0/s1. The molecule has 36 heavy (non-hydrogen) atoms. The molecule has 2 rings (SSSR count). The second kappa shape index (κ2) is 11.8. The molecule has 0 aromatic heterocycles. The molecule has 1 N–H and O–H groups in total. The van der Waals surface area contributed by atoms with Gasteiger partial charge in [-0.1, -0.05) is 48.9 Å². The Kier molecular flexibility index (Phi) is 9.62. The van der Waals surface area contributed by atoms with Crippen LogP contribution in [0.1, 0.15) is 45.2 Å². The third-order valence-corrected chi connectivity index (χ3v) is 7.30. The monoisotopic (exact) mass is 520 g/mol. The van der Waals surface area contributed by atoms with E-state index in [1.54, 1.807) is 6.92 Å². The second-order valence-electron chi connectivity index (χ2n) is 9.92. The number of carbonyl (C=O) groups is 2. The number of nitrogens with one attached hydrogen (secondary N) is 1. The lowest BCUT2D eigenvalue weighted by Gasteiger charge is -2.35. The molecule has 0 aliphatic carbocycles. The number of aryl methyl sites for hydroxylation is 1. The van der Waals surface area contributed by atoms with Gasteiger partial charge in [-0.05, 0) is 51.8 Å². The van der Waals surface area contributed by atoms with E-state index in [1.165, 1.54) is 37.2 Å². The molecule has 0 fully saturated rings. The number of halogens is 1. The van der Waals surface area contributed by atoms with E-state index in [0.29, 0.717) is 6.42 Å². The lowest BCUT2D eigenvalue weighted by Crippen LogP contribution is -2.55. The molecule has 8 nitrogen and oxygen atoms in total. The quantitative estimate of drug-likeness (QED) is 0.520. The summed E-state index contributed by atoms with van der Waals surface area (Å²) in [6.07, 6.45) is 0.305. The highest BCUT2D eigenvalue weighted by Gasteiger charge is 2.35. The van der Waals surface area contributed by atoms with Crippen molar-refractivity contribution in [1.29, 1.82) is 0 Å². The number of hydrogen-bond donors (Lipinski definition) is 1. The van der Waals surface area contributed by atoms with E-state index < -0.39 is 40.1 Å². The predicted molar refractivity (Wildman–Crippen MR) is 140 cm³/mol. The molecule has 0 saturated heterocycles. The lowest BCUT2D eigenvalue weighted by atomic mass is 10.1. The summed E-state index contributed by atoms with van der Waals surface area (Å²) in [5.74, 6) is -1.75. The first kappa shape index (κ1) is 29.3. The van der Waals surface area contributed by atoms with Crippen LogP contribution in [0, 0.1) is 12.7 Å². The largest absolute Gasteiger partial charge is 0.350 e. The Balaban J connectivity index is 2.53. The van der Waals surface area contributed by atoms with Gasteiger partial charge in [0.2, 0.25) is 11.8 Å². The van der Waals surface area contributed by atoms with Crippen LogP contribution in [0.2, 0.25) is 0 Å². The van der Waals surface area contributed by atoms with E-state index in [1.807, 2.05) is 52.0 Å². The average molecular weight is 521 g/mol. The highest BCUT2D eigenvalue weighted by Crippen LogP contribution is 2.24. The molecule has 1 atom stereocenters. The highest BCUT2D eigenvalue weighted by molar-refractivity contribution is 7.90. The zero-order chi connectivity index (χ0) is 27.3. The topological polar surface area (TPSA) is 90.0 Å². The van der Waals surface area contributed by atoms with E-state index in [-0.39, 0.29) is 18.1 Å². The third-order valence-electron chi connectivity index (χ3n) is 5.50. The van der Waals surface area contributed by atoms with Crippen LogP contribution in [0.25, 0.3) is 0 Å². The normalized spacial score (nSPS) is 12.8. The minimum atomic E-state index is -4.22. The number of para-hydroxylation sites is 1. The number of carbonyl (C=O) groups excluding carboxylic acids is 2. The van der Waals surface area contributed by atoms with Crippen molar-refractivity contribution in [3.05, 3.63) is 65.5 Å². The molecule has 0 aliphatic heterocycles. The summed E-state index contributed by atoms with van der Waals surface area (Å²) >= 11 is 0. The maximum atomic E-state index is 14.7. The molecule has 0 bridgehead atoms. The maximum absolute atomic E-state index is 14.7. The Morgan fingerprint density at radius 2 is 1.61 bits per heavy atom. The molecule has 2 aromatic rings. The third kappa shape index (κ3) is 7.51. The molecule has 0 aliphatic rings. The molecule has 10 heteroatoms. The highest BCUT2D eigenvalue weighted by atomic mass is 32.2. The fourth-order valence-corrected chi connectivity index (χ4v) is 4.68. The summed E-state index contributed by atoms with van der Waals surface area (Å²) in [6, 6.07) is 12.0. The van der Waals surface area contributed by atoms with Crippen molar-refractivity contribution in [3.63, 3.8) is 0 Å². The number of hydrogen-bond acceptors (Lipinski definition) is 4. The van der Waals surface area contributed by atoms with Crippen LogP contribution in [-0.2, 0) is 26.3 Å². The summed E-state index contributed by atoms with van der Waals surface area (Å²) in [7, 11) is -1.61. The Morgan fingerprint density at radius 3 is 2.11 bits per heavy atom. The van der Waals surface area contributed by atoms with E-state index in [2.05, 4.69) is 5.32 Å². The maximum Gasteiger partial charge on any atom is 0.304 e. The molecule has 0 unspecified atom stereocenters. The number of amides is 2. The van der Waals surface area contributed by atoms with Crippen LogP contribution in [0.3, 0.4) is 0 Å². The van der Waals surface area contributed by atoms with Crippen LogP contribution in [0.5, 0.6) is 0 Å². The van der Waals surface area contributed by atoms with Crippen molar-refractivity contribution in [1.82, 2.24) is 14.5 Å². The first-order valence-electron chi connectivity index (χ1n) is 11.8. The van der Waals surface area contributed by atoms with Crippen molar-refractivity contribution >= 4 is 27.7 Å². The van der Waals surface area contributed by atoms with Gasteiger partial charge in [-0.2, -0.15) is 12.7 Å².